The van der Waals surface area contributed by atoms with Crippen molar-refractivity contribution in [3.8, 4) is 5.75 Å². The van der Waals surface area contributed by atoms with Crippen LogP contribution in [0.4, 0.5) is 17.8 Å². The molecule has 2 aliphatic heterocycles. The fraction of sp³-hybridized carbons (Fsp3) is 0.444. The predicted octanol–water partition coefficient (Wildman–Crippen LogP) is 2.88. The molecule has 2 fully saturated rings. The molecule has 0 bridgehead atoms. The van der Waals surface area contributed by atoms with Gasteiger partial charge in [0.15, 0.2) is 0 Å². The number of nitrogens with zero attached hydrogens (tertiary/aromatic N) is 6. The summed E-state index contributed by atoms with van der Waals surface area (Å²) < 4.78 is 0. The highest BCUT2D eigenvalue weighted by Crippen LogP contribution is 2.24. The Hall–Kier alpha value is -2.61. The smallest absolute Gasteiger partial charge is 0.250 e. The Morgan fingerprint density at radius 3 is 2.11 bits per heavy atom. The largest absolute Gasteiger partial charge is 0.506 e. The quantitative estimate of drug-likeness (QED) is 0.602. The highest BCUT2D eigenvalue weighted by molar-refractivity contribution is 6.32. The van der Waals surface area contributed by atoms with E-state index >= 15 is 0 Å². The van der Waals surface area contributed by atoms with Crippen molar-refractivity contribution in [2.45, 2.75) is 25.7 Å². The molecule has 0 radical (unpaired) electrons. The zero-order chi connectivity index (χ0) is 18.6. The Morgan fingerprint density at radius 2 is 1.56 bits per heavy atom. The van der Waals surface area contributed by atoms with Crippen molar-refractivity contribution < 1.29 is 5.11 Å². The maximum absolute atomic E-state index is 9.49. The SMILES string of the molecule is Oc1ccc(C=NNc2nc(N3CCCC3)nc(N3CCCC3)n2)cc1Cl. The molecule has 9 heteroatoms. The number of hydrazone groups is 1. The van der Waals surface area contributed by atoms with Gasteiger partial charge in [-0.05, 0) is 49.4 Å². The van der Waals surface area contributed by atoms with Gasteiger partial charge in [-0.2, -0.15) is 20.1 Å². The van der Waals surface area contributed by atoms with Crippen molar-refractivity contribution in [3.63, 3.8) is 0 Å². The minimum Gasteiger partial charge on any atom is -0.506 e. The molecule has 142 valence electrons. The van der Waals surface area contributed by atoms with E-state index in [9.17, 15) is 5.11 Å². The van der Waals surface area contributed by atoms with E-state index in [2.05, 4.69) is 35.3 Å². The molecule has 2 saturated heterocycles. The first-order valence-electron chi connectivity index (χ1n) is 9.22. The molecule has 1 aromatic carbocycles. The van der Waals surface area contributed by atoms with Gasteiger partial charge in [0.1, 0.15) is 5.75 Å². The van der Waals surface area contributed by atoms with Crippen LogP contribution in [0.15, 0.2) is 23.3 Å². The van der Waals surface area contributed by atoms with E-state index in [-0.39, 0.29) is 10.8 Å². The second-order valence-corrected chi connectivity index (χ2v) is 7.14. The molecule has 8 nitrogen and oxygen atoms in total. The van der Waals surface area contributed by atoms with E-state index in [1.165, 1.54) is 6.07 Å². The van der Waals surface area contributed by atoms with E-state index in [0.717, 1.165) is 57.4 Å². The summed E-state index contributed by atoms with van der Waals surface area (Å²) in [6, 6.07) is 4.90. The molecule has 0 spiro atoms. The van der Waals surface area contributed by atoms with Gasteiger partial charge in [0.05, 0.1) is 11.2 Å². The average molecular weight is 388 g/mol. The Balaban J connectivity index is 1.54. The third kappa shape index (κ3) is 4.21. The Morgan fingerprint density at radius 1 is 0.963 bits per heavy atom. The molecule has 1 aromatic heterocycles. The summed E-state index contributed by atoms with van der Waals surface area (Å²) in [5.74, 6) is 1.88. The maximum Gasteiger partial charge on any atom is 0.250 e. The van der Waals surface area contributed by atoms with Gasteiger partial charge in [0.25, 0.3) is 0 Å². The molecule has 27 heavy (non-hydrogen) atoms. The average Bonchev–Trinajstić information content (AvgIpc) is 3.38. The molecule has 2 N–H and O–H groups in total. The first kappa shape index (κ1) is 17.8. The van der Waals surface area contributed by atoms with E-state index in [1.54, 1.807) is 18.3 Å². The number of hydrogen-bond donors (Lipinski definition) is 2. The molecule has 0 saturated carbocycles. The van der Waals surface area contributed by atoms with Crippen molar-refractivity contribution in [2.75, 3.05) is 41.4 Å². The van der Waals surface area contributed by atoms with Crippen LogP contribution >= 0.6 is 11.6 Å². The normalized spacial score (nSPS) is 17.2. The van der Waals surface area contributed by atoms with Crippen LogP contribution in [0.2, 0.25) is 5.02 Å². The van der Waals surface area contributed by atoms with Crippen molar-refractivity contribution in [2.24, 2.45) is 5.10 Å². The van der Waals surface area contributed by atoms with Crippen molar-refractivity contribution in [1.82, 2.24) is 15.0 Å². The van der Waals surface area contributed by atoms with Crippen molar-refractivity contribution >= 4 is 35.7 Å². The minimum atomic E-state index is 0.0461. The number of halogens is 1. The molecular weight excluding hydrogens is 366 g/mol. The number of phenols is 1. The molecule has 2 aliphatic rings. The summed E-state index contributed by atoms with van der Waals surface area (Å²) in [6.07, 6.45) is 6.25. The summed E-state index contributed by atoms with van der Waals surface area (Å²) >= 11 is 5.92. The first-order valence-corrected chi connectivity index (χ1v) is 9.60. The lowest BCUT2D eigenvalue weighted by Gasteiger charge is -2.20. The van der Waals surface area contributed by atoms with Crippen LogP contribution in [-0.4, -0.2) is 52.5 Å². The summed E-state index contributed by atoms with van der Waals surface area (Å²) in [7, 11) is 0. The first-order chi connectivity index (χ1) is 13.2. The van der Waals surface area contributed by atoms with Gasteiger partial charge in [-0.1, -0.05) is 11.6 Å². The number of phenolic OH excluding ortho intramolecular Hbond substituents is 1. The van der Waals surface area contributed by atoms with Gasteiger partial charge in [0, 0.05) is 26.2 Å². The molecule has 2 aromatic rings. The number of aromatic hydroxyl groups is 1. The van der Waals surface area contributed by atoms with Crippen LogP contribution in [0.25, 0.3) is 0 Å². The topological polar surface area (TPSA) is 89.8 Å². The van der Waals surface area contributed by atoms with E-state index < -0.39 is 0 Å². The number of nitrogens with one attached hydrogen (secondary N) is 1. The number of anilines is 3. The number of hydrogen-bond acceptors (Lipinski definition) is 8. The third-order valence-corrected chi connectivity index (χ3v) is 5.04. The molecule has 0 aliphatic carbocycles. The monoisotopic (exact) mass is 387 g/mol. The van der Waals surface area contributed by atoms with Gasteiger partial charge in [-0.15, -0.1) is 0 Å². The van der Waals surface area contributed by atoms with Gasteiger partial charge < -0.3 is 14.9 Å². The van der Waals surface area contributed by atoms with Crippen LogP contribution < -0.4 is 15.2 Å². The predicted molar refractivity (Wildman–Crippen MR) is 107 cm³/mol. The zero-order valence-electron chi connectivity index (χ0n) is 15.0. The molecule has 0 atom stereocenters. The maximum atomic E-state index is 9.49. The summed E-state index contributed by atoms with van der Waals surface area (Å²) in [5.41, 5.74) is 3.67. The van der Waals surface area contributed by atoms with Crippen LogP contribution in [0.1, 0.15) is 31.2 Å². The van der Waals surface area contributed by atoms with E-state index in [1.807, 2.05) is 0 Å². The summed E-state index contributed by atoms with van der Waals surface area (Å²) in [6.45, 7) is 3.88. The molecule has 4 rings (SSSR count). The number of rotatable bonds is 5. The Labute approximate surface area is 162 Å². The highest BCUT2D eigenvalue weighted by atomic mass is 35.5. The van der Waals surface area contributed by atoms with Gasteiger partial charge in [-0.3, -0.25) is 0 Å². The van der Waals surface area contributed by atoms with E-state index in [4.69, 9.17) is 11.6 Å². The van der Waals surface area contributed by atoms with Crippen LogP contribution in [-0.2, 0) is 0 Å². The van der Waals surface area contributed by atoms with Crippen LogP contribution in [0.3, 0.4) is 0 Å². The van der Waals surface area contributed by atoms with E-state index in [0.29, 0.717) is 17.8 Å². The zero-order valence-corrected chi connectivity index (χ0v) is 15.7. The Kier molecular flexibility index (Phi) is 5.24. The highest BCUT2D eigenvalue weighted by Gasteiger charge is 2.21. The molecule has 0 amide bonds. The lowest BCUT2D eigenvalue weighted by atomic mass is 10.2. The van der Waals surface area contributed by atoms with Crippen molar-refractivity contribution in [3.05, 3.63) is 28.8 Å². The van der Waals surface area contributed by atoms with Crippen LogP contribution in [0, 0.1) is 0 Å². The number of benzene rings is 1. The van der Waals surface area contributed by atoms with Crippen molar-refractivity contribution in [1.29, 1.82) is 0 Å². The van der Waals surface area contributed by atoms with Gasteiger partial charge in [-0.25, -0.2) is 5.43 Å². The van der Waals surface area contributed by atoms with Gasteiger partial charge in [0.2, 0.25) is 17.8 Å². The Bertz CT molecular complexity index is 798. The summed E-state index contributed by atoms with van der Waals surface area (Å²) in [4.78, 5) is 18.1. The fourth-order valence-corrected chi connectivity index (χ4v) is 3.48. The number of aromatic nitrogens is 3. The second kappa shape index (κ2) is 7.96. The molecule has 0 unspecified atom stereocenters. The molecule has 3 heterocycles. The van der Waals surface area contributed by atoms with Gasteiger partial charge >= 0.3 is 0 Å². The third-order valence-electron chi connectivity index (χ3n) is 4.74. The lowest BCUT2D eigenvalue weighted by Crippen LogP contribution is -2.25. The fourth-order valence-electron chi connectivity index (χ4n) is 3.29. The molecular formula is C18H22ClN7O. The van der Waals surface area contributed by atoms with Crippen LogP contribution in [0.5, 0.6) is 5.75 Å². The standard InChI is InChI=1S/C18H22ClN7O/c19-14-11-13(5-6-15(14)27)12-20-24-16-21-17(25-7-1-2-8-25)23-18(22-16)26-9-3-4-10-26/h5-6,11-12,27H,1-4,7-10H2,(H,21,22,23,24). The lowest BCUT2D eigenvalue weighted by molar-refractivity contribution is 0.475. The second-order valence-electron chi connectivity index (χ2n) is 6.73. The summed E-state index contributed by atoms with van der Waals surface area (Å²) in [5, 5.41) is 14.0. The minimum absolute atomic E-state index is 0.0461.